The van der Waals surface area contributed by atoms with Crippen molar-refractivity contribution in [3.8, 4) is 5.75 Å². The van der Waals surface area contributed by atoms with E-state index < -0.39 is 5.72 Å². The largest absolute Gasteiger partial charge is 0.466 e. The minimum Gasteiger partial charge on any atom is -0.466 e. The van der Waals surface area contributed by atoms with Gasteiger partial charge in [0, 0.05) is 29.3 Å². The highest BCUT2D eigenvalue weighted by Crippen LogP contribution is 2.35. The van der Waals surface area contributed by atoms with E-state index in [9.17, 15) is 0 Å². The van der Waals surface area contributed by atoms with Crippen molar-refractivity contribution in [1.29, 1.82) is 0 Å². The van der Waals surface area contributed by atoms with E-state index >= 15 is 0 Å². The van der Waals surface area contributed by atoms with E-state index in [2.05, 4.69) is 39.0 Å². The minimum absolute atomic E-state index is 0.547. The second kappa shape index (κ2) is 5.16. The van der Waals surface area contributed by atoms with Crippen molar-refractivity contribution in [3.05, 3.63) is 58.7 Å². The maximum Gasteiger partial charge on any atom is 0.197 e. The van der Waals surface area contributed by atoms with Gasteiger partial charge in [-0.2, -0.15) is 0 Å². The third kappa shape index (κ3) is 2.47. The fraction of sp³-hybridized carbons (Fsp3) is 0.316. The molecule has 3 rings (SSSR count). The number of aliphatic imine (C=N–C) groups is 1. The smallest absolute Gasteiger partial charge is 0.197 e. The predicted octanol–water partition coefficient (Wildman–Crippen LogP) is 4.24. The van der Waals surface area contributed by atoms with Crippen LogP contribution in [0.15, 0.2) is 41.4 Å². The third-order valence-corrected chi connectivity index (χ3v) is 4.38. The molecule has 0 saturated heterocycles. The molecule has 0 radical (unpaired) electrons. The van der Waals surface area contributed by atoms with Gasteiger partial charge in [0.15, 0.2) is 5.72 Å². The Kier molecular flexibility index (Phi) is 3.44. The molecule has 1 atom stereocenters. The number of hydrogen-bond acceptors (Lipinski definition) is 3. The van der Waals surface area contributed by atoms with Crippen LogP contribution in [-0.2, 0) is 0 Å². The molecular weight excluding hydrogens is 272 g/mol. The van der Waals surface area contributed by atoms with E-state index in [1.165, 1.54) is 11.1 Å². The highest BCUT2D eigenvalue weighted by atomic mass is 16.5. The van der Waals surface area contributed by atoms with Crippen LogP contribution in [-0.4, -0.2) is 11.4 Å². The number of anilines is 1. The average molecular weight is 294 g/mol. The molecule has 0 bridgehead atoms. The molecule has 0 fully saturated rings. The molecule has 1 heterocycles. The Hall–Kier alpha value is -2.29. The highest BCUT2D eigenvalue weighted by molar-refractivity contribution is 6.15. The summed E-state index contributed by atoms with van der Waals surface area (Å²) in [5.74, 6) is 0.813. The number of aryl methyl sites for hydroxylation is 2. The lowest BCUT2D eigenvalue weighted by Crippen LogP contribution is -2.35. The van der Waals surface area contributed by atoms with Gasteiger partial charge in [-0.15, -0.1) is 0 Å². The van der Waals surface area contributed by atoms with Gasteiger partial charge in [-0.3, -0.25) is 0 Å². The van der Waals surface area contributed by atoms with Crippen molar-refractivity contribution < 1.29 is 4.74 Å². The number of nitrogens with zero attached hydrogens (tertiary/aromatic N) is 1. The fourth-order valence-electron chi connectivity index (χ4n) is 2.64. The number of benzene rings is 2. The Morgan fingerprint density at radius 2 is 1.86 bits per heavy atom. The van der Waals surface area contributed by atoms with Crippen molar-refractivity contribution in [2.45, 2.75) is 39.8 Å². The van der Waals surface area contributed by atoms with Crippen molar-refractivity contribution >= 4 is 11.4 Å². The van der Waals surface area contributed by atoms with Crippen LogP contribution >= 0.6 is 0 Å². The number of hydrogen-bond donors (Lipinski definition) is 1. The SMILES string of the molecule is CCC1(C)N=C(c2ccc(C)c(C)c2)c2ccc(N)cc2O1. The van der Waals surface area contributed by atoms with Crippen LogP contribution in [0.25, 0.3) is 0 Å². The summed E-state index contributed by atoms with van der Waals surface area (Å²) in [4.78, 5) is 4.90. The lowest BCUT2D eigenvalue weighted by molar-refractivity contribution is 0.0903. The molecule has 0 amide bonds. The van der Waals surface area contributed by atoms with E-state index in [1.54, 1.807) is 0 Å². The lowest BCUT2D eigenvalue weighted by Gasteiger charge is -2.32. The van der Waals surface area contributed by atoms with Crippen molar-refractivity contribution in [2.75, 3.05) is 5.73 Å². The first-order valence-electron chi connectivity index (χ1n) is 7.68. The summed E-state index contributed by atoms with van der Waals surface area (Å²) in [5, 5.41) is 0. The van der Waals surface area contributed by atoms with E-state index in [0.29, 0.717) is 5.69 Å². The summed E-state index contributed by atoms with van der Waals surface area (Å²) in [6, 6.07) is 12.2. The monoisotopic (exact) mass is 294 g/mol. The number of fused-ring (bicyclic) bond motifs is 1. The summed E-state index contributed by atoms with van der Waals surface area (Å²) >= 11 is 0. The first kappa shape index (κ1) is 14.6. The van der Waals surface area contributed by atoms with E-state index in [0.717, 1.165) is 29.0 Å². The van der Waals surface area contributed by atoms with Crippen LogP contribution < -0.4 is 10.5 Å². The zero-order valence-electron chi connectivity index (χ0n) is 13.6. The fourth-order valence-corrected chi connectivity index (χ4v) is 2.64. The predicted molar refractivity (Wildman–Crippen MR) is 91.7 cm³/mol. The molecule has 1 unspecified atom stereocenters. The number of nitrogens with two attached hydrogens (primary N) is 1. The van der Waals surface area contributed by atoms with Crippen molar-refractivity contribution in [3.63, 3.8) is 0 Å². The molecule has 22 heavy (non-hydrogen) atoms. The lowest BCUT2D eigenvalue weighted by atomic mass is 9.95. The topological polar surface area (TPSA) is 47.6 Å². The van der Waals surface area contributed by atoms with Gasteiger partial charge in [-0.05, 0) is 50.1 Å². The molecule has 114 valence electrons. The second-order valence-corrected chi connectivity index (χ2v) is 6.15. The molecule has 1 aliphatic heterocycles. The Labute approximate surface area is 131 Å². The normalized spacial score (nSPS) is 20.1. The van der Waals surface area contributed by atoms with Crippen LogP contribution in [0.1, 0.15) is 42.5 Å². The van der Waals surface area contributed by atoms with Crippen molar-refractivity contribution in [2.24, 2.45) is 4.99 Å². The van der Waals surface area contributed by atoms with E-state index in [-0.39, 0.29) is 0 Å². The zero-order chi connectivity index (χ0) is 15.9. The second-order valence-electron chi connectivity index (χ2n) is 6.15. The molecule has 0 saturated carbocycles. The quantitative estimate of drug-likeness (QED) is 0.842. The number of ether oxygens (including phenoxy) is 1. The number of rotatable bonds is 2. The maximum absolute atomic E-state index is 6.09. The van der Waals surface area contributed by atoms with Gasteiger partial charge in [0.05, 0.1) is 5.71 Å². The van der Waals surface area contributed by atoms with Gasteiger partial charge >= 0.3 is 0 Å². The molecule has 3 nitrogen and oxygen atoms in total. The van der Waals surface area contributed by atoms with Crippen LogP contribution in [0.5, 0.6) is 5.75 Å². The Balaban J connectivity index is 2.20. The van der Waals surface area contributed by atoms with Crippen LogP contribution in [0, 0.1) is 13.8 Å². The molecule has 0 aromatic heterocycles. The molecule has 2 aromatic carbocycles. The van der Waals surface area contributed by atoms with Gasteiger partial charge < -0.3 is 10.5 Å². The van der Waals surface area contributed by atoms with E-state index in [1.807, 2.05) is 25.1 Å². The molecular formula is C19H22N2O. The van der Waals surface area contributed by atoms with Gasteiger partial charge in [-0.25, -0.2) is 4.99 Å². The molecule has 2 aromatic rings. The zero-order valence-corrected chi connectivity index (χ0v) is 13.6. The Morgan fingerprint density at radius 1 is 1.09 bits per heavy atom. The summed E-state index contributed by atoms with van der Waals surface area (Å²) < 4.78 is 6.09. The summed E-state index contributed by atoms with van der Waals surface area (Å²) in [5.41, 5.74) is 11.7. The van der Waals surface area contributed by atoms with Crippen LogP contribution in [0.2, 0.25) is 0 Å². The van der Waals surface area contributed by atoms with Gasteiger partial charge in [0.25, 0.3) is 0 Å². The summed E-state index contributed by atoms with van der Waals surface area (Å²) in [6.07, 6.45) is 0.801. The van der Waals surface area contributed by atoms with Crippen LogP contribution in [0.4, 0.5) is 5.69 Å². The average Bonchev–Trinajstić information content (AvgIpc) is 2.49. The van der Waals surface area contributed by atoms with Gasteiger partial charge in [0.1, 0.15) is 5.75 Å². The molecule has 3 heteroatoms. The number of nitrogen functional groups attached to an aromatic ring is 1. The first-order chi connectivity index (χ1) is 10.4. The summed E-state index contributed by atoms with van der Waals surface area (Å²) in [6.45, 7) is 8.34. The van der Waals surface area contributed by atoms with Gasteiger partial charge in [0.2, 0.25) is 0 Å². The Bertz CT molecular complexity index is 764. The summed E-state index contributed by atoms with van der Waals surface area (Å²) in [7, 11) is 0. The maximum atomic E-state index is 6.09. The molecule has 0 spiro atoms. The molecule has 2 N–H and O–H groups in total. The standard InChI is InChI=1S/C19H22N2O/c1-5-19(4)21-18(14-7-6-12(2)13(3)10-14)16-9-8-15(20)11-17(16)22-19/h6-11H,5,20H2,1-4H3. The first-order valence-corrected chi connectivity index (χ1v) is 7.68. The van der Waals surface area contributed by atoms with Gasteiger partial charge in [-0.1, -0.05) is 19.1 Å². The van der Waals surface area contributed by atoms with Crippen LogP contribution in [0.3, 0.4) is 0 Å². The molecule has 0 aliphatic carbocycles. The highest BCUT2D eigenvalue weighted by Gasteiger charge is 2.31. The molecule has 1 aliphatic rings. The van der Waals surface area contributed by atoms with E-state index in [4.69, 9.17) is 15.5 Å². The minimum atomic E-state index is -0.547. The third-order valence-electron chi connectivity index (χ3n) is 4.38. The van der Waals surface area contributed by atoms with Crippen molar-refractivity contribution in [1.82, 2.24) is 0 Å². The Morgan fingerprint density at radius 3 is 2.55 bits per heavy atom.